The molecule has 0 radical (unpaired) electrons. The van der Waals surface area contributed by atoms with Crippen LogP contribution in [0.15, 0.2) is 36.4 Å². The largest absolute Gasteiger partial charge is 0.493 e. The van der Waals surface area contributed by atoms with Gasteiger partial charge in [-0.05, 0) is 54.8 Å². The number of benzene rings is 2. The zero-order valence-electron chi connectivity index (χ0n) is 15.7. The molecule has 1 aromatic heterocycles. The van der Waals surface area contributed by atoms with Crippen LogP contribution in [0.1, 0.15) is 32.1 Å². The molecule has 2 aromatic carbocycles. The highest BCUT2D eigenvalue weighted by Gasteiger charge is 2.12. The topological polar surface area (TPSA) is 73.3 Å². The number of rotatable bonds is 6. The second kappa shape index (κ2) is 8.18. The number of aryl methyl sites for hydroxylation is 2. The first-order valence-corrected chi connectivity index (χ1v) is 9.23. The maximum atomic E-state index is 12.4. The lowest BCUT2D eigenvalue weighted by atomic mass is 10.1. The van der Waals surface area contributed by atoms with Crippen molar-refractivity contribution in [2.45, 2.75) is 20.3 Å². The molecule has 1 heterocycles. The molecular weight excluding hydrogens is 362 g/mol. The van der Waals surface area contributed by atoms with Crippen LogP contribution in [0.2, 0.25) is 0 Å². The second-order valence-electron chi connectivity index (χ2n) is 6.12. The number of methoxy groups -OCH3 is 2. The molecule has 1 N–H and O–H groups in total. The molecule has 0 aliphatic carbocycles. The molecule has 0 aliphatic heterocycles. The molecule has 1 amide bonds. The number of anilines is 1. The van der Waals surface area contributed by atoms with Gasteiger partial charge in [0.2, 0.25) is 5.13 Å². The van der Waals surface area contributed by atoms with Gasteiger partial charge in [0.1, 0.15) is 5.01 Å². The first-order valence-electron chi connectivity index (χ1n) is 8.42. The molecule has 0 atom stereocenters. The van der Waals surface area contributed by atoms with Crippen molar-refractivity contribution in [3.05, 3.63) is 63.7 Å². The number of nitrogens with one attached hydrogen (secondary N) is 1. The normalized spacial score (nSPS) is 10.5. The summed E-state index contributed by atoms with van der Waals surface area (Å²) in [6.45, 7) is 4.00. The highest BCUT2D eigenvalue weighted by molar-refractivity contribution is 7.15. The van der Waals surface area contributed by atoms with Crippen LogP contribution in [-0.2, 0) is 6.42 Å². The number of nitrogens with zero attached hydrogens (tertiary/aromatic N) is 2. The predicted molar refractivity (Wildman–Crippen MR) is 106 cm³/mol. The third-order valence-corrected chi connectivity index (χ3v) is 5.10. The number of carbonyl (C=O) groups is 1. The molecule has 0 unspecified atom stereocenters. The first-order chi connectivity index (χ1) is 13.0. The van der Waals surface area contributed by atoms with E-state index in [4.69, 9.17) is 9.47 Å². The van der Waals surface area contributed by atoms with Crippen LogP contribution in [0.25, 0.3) is 0 Å². The molecule has 27 heavy (non-hydrogen) atoms. The smallest absolute Gasteiger partial charge is 0.257 e. The van der Waals surface area contributed by atoms with Crippen LogP contribution in [0.4, 0.5) is 5.13 Å². The fourth-order valence-corrected chi connectivity index (χ4v) is 3.36. The Morgan fingerprint density at radius 3 is 2.48 bits per heavy atom. The molecule has 0 fully saturated rings. The van der Waals surface area contributed by atoms with E-state index in [-0.39, 0.29) is 5.91 Å². The molecule has 0 spiro atoms. The predicted octanol–water partition coefficient (Wildman–Crippen LogP) is 4.02. The Labute approximate surface area is 162 Å². The average molecular weight is 383 g/mol. The SMILES string of the molecule is COc1ccc(Cc2nnc(NC(=O)c3ccc(C)c(C)c3)s2)cc1OC. The summed E-state index contributed by atoms with van der Waals surface area (Å²) in [5.41, 5.74) is 3.86. The lowest BCUT2D eigenvalue weighted by molar-refractivity contribution is 0.102. The molecular formula is C20H21N3O3S. The van der Waals surface area contributed by atoms with Crippen molar-refractivity contribution in [3.8, 4) is 11.5 Å². The van der Waals surface area contributed by atoms with Crippen molar-refractivity contribution in [1.82, 2.24) is 10.2 Å². The number of aromatic nitrogens is 2. The quantitative estimate of drug-likeness (QED) is 0.696. The summed E-state index contributed by atoms with van der Waals surface area (Å²) in [7, 11) is 3.21. The van der Waals surface area contributed by atoms with Gasteiger partial charge in [0.05, 0.1) is 14.2 Å². The standard InChI is InChI=1S/C20H21N3O3S/c1-12-5-7-15(9-13(12)2)19(24)21-20-23-22-18(27-20)11-14-6-8-16(25-3)17(10-14)26-4/h5-10H,11H2,1-4H3,(H,21,23,24). The Kier molecular flexibility index (Phi) is 5.71. The Balaban J connectivity index is 1.69. The monoisotopic (exact) mass is 383 g/mol. The van der Waals surface area contributed by atoms with Crippen molar-refractivity contribution in [2.24, 2.45) is 0 Å². The number of hydrogen-bond donors (Lipinski definition) is 1. The van der Waals surface area contributed by atoms with Crippen molar-refractivity contribution < 1.29 is 14.3 Å². The van der Waals surface area contributed by atoms with Crippen LogP contribution in [0.5, 0.6) is 11.5 Å². The molecule has 140 valence electrons. The number of ether oxygens (including phenoxy) is 2. The summed E-state index contributed by atoms with van der Waals surface area (Å²) in [5, 5.41) is 12.3. The van der Waals surface area contributed by atoms with Crippen LogP contribution in [-0.4, -0.2) is 30.3 Å². The minimum atomic E-state index is -0.188. The highest BCUT2D eigenvalue weighted by atomic mass is 32.1. The minimum Gasteiger partial charge on any atom is -0.493 e. The Morgan fingerprint density at radius 2 is 1.78 bits per heavy atom. The van der Waals surface area contributed by atoms with Gasteiger partial charge in [-0.15, -0.1) is 10.2 Å². The van der Waals surface area contributed by atoms with Gasteiger partial charge in [0.25, 0.3) is 5.91 Å². The van der Waals surface area contributed by atoms with Gasteiger partial charge in [-0.25, -0.2) is 0 Å². The number of carbonyl (C=O) groups excluding carboxylic acids is 1. The number of amides is 1. The summed E-state index contributed by atoms with van der Waals surface area (Å²) < 4.78 is 10.6. The van der Waals surface area contributed by atoms with Gasteiger partial charge >= 0.3 is 0 Å². The lowest BCUT2D eigenvalue weighted by Crippen LogP contribution is -2.12. The summed E-state index contributed by atoms with van der Waals surface area (Å²) in [6, 6.07) is 11.3. The van der Waals surface area contributed by atoms with Gasteiger partial charge < -0.3 is 9.47 Å². The van der Waals surface area contributed by atoms with Gasteiger partial charge in [0.15, 0.2) is 11.5 Å². The first kappa shape index (κ1) is 18.8. The average Bonchev–Trinajstić information content (AvgIpc) is 3.10. The Bertz CT molecular complexity index is 969. The fraction of sp³-hybridized carbons (Fsp3) is 0.250. The molecule has 0 bridgehead atoms. The van der Waals surface area contributed by atoms with E-state index in [2.05, 4.69) is 15.5 Å². The van der Waals surface area contributed by atoms with E-state index in [0.29, 0.717) is 28.6 Å². The zero-order valence-corrected chi connectivity index (χ0v) is 16.5. The van der Waals surface area contributed by atoms with Gasteiger partial charge in [0, 0.05) is 12.0 Å². The molecule has 3 rings (SSSR count). The minimum absolute atomic E-state index is 0.188. The Hall–Kier alpha value is -2.93. The molecule has 0 aliphatic rings. The van der Waals surface area contributed by atoms with E-state index in [0.717, 1.165) is 21.7 Å². The van der Waals surface area contributed by atoms with Gasteiger partial charge in [-0.2, -0.15) is 0 Å². The van der Waals surface area contributed by atoms with Crippen molar-refractivity contribution >= 4 is 22.4 Å². The Morgan fingerprint density at radius 1 is 1.00 bits per heavy atom. The van der Waals surface area contributed by atoms with Crippen LogP contribution in [0.3, 0.4) is 0 Å². The van der Waals surface area contributed by atoms with E-state index < -0.39 is 0 Å². The van der Waals surface area contributed by atoms with Crippen molar-refractivity contribution in [3.63, 3.8) is 0 Å². The molecule has 6 nitrogen and oxygen atoms in total. The summed E-state index contributed by atoms with van der Waals surface area (Å²) in [6.07, 6.45) is 0.595. The van der Waals surface area contributed by atoms with Crippen LogP contribution >= 0.6 is 11.3 Å². The van der Waals surface area contributed by atoms with Crippen LogP contribution < -0.4 is 14.8 Å². The highest BCUT2D eigenvalue weighted by Crippen LogP contribution is 2.29. The second-order valence-corrected chi connectivity index (χ2v) is 7.18. The zero-order chi connectivity index (χ0) is 19.4. The van der Waals surface area contributed by atoms with Gasteiger partial charge in [-0.3, -0.25) is 10.1 Å². The maximum absolute atomic E-state index is 12.4. The summed E-state index contributed by atoms with van der Waals surface area (Å²) in [5.74, 6) is 1.16. The molecule has 7 heteroatoms. The third kappa shape index (κ3) is 4.43. The number of hydrogen-bond acceptors (Lipinski definition) is 6. The van der Waals surface area contributed by atoms with Crippen LogP contribution in [0, 0.1) is 13.8 Å². The maximum Gasteiger partial charge on any atom is 0.257 e. The van der Waals surface area contributed by atoms with E-state index >= 15 is 0 Å². The van der Waals surface area contributed by atoms with E-state index in [1.807, 2.05) is 50.2 Å². The molecule has 3 aromatic rings. The van der Waals surface area contributed by atoms with E-state index in [1.54, 1.807) is 14.2 Å². The summed E-state index contributed by atoms with van der Waals surface area (Å²) in [4.78, 5) is 12.4. The van der Waals surface area contributed by atoms with E-state index in [9.17, 15) is 4.79 Å². The fourth-order valence-electron chi connectivity index (χ4n) is 2.59. The van der Waals surface area contributed by atoms with Crippen molar-refractivity contribution in [1.29, 1.82) is 0 Å². The molecule has 0 saturated carbocycles. The van der Waals surface area contributed by atoms with Gasteiger partial charge in [-0.1, -0.05) is 23.5 Å². The lowest BCUT2D eigenvalue weighted by Gasteiger charge is -2.08. The van der Waals surface area contributed by atoms with E-state index in [1.165, 1.54) is 11.3 Å². The third-order valence-electron chi connectivity index (χ3n) is 4.26. The summed E-state index contributed by atoms with van der Waals surface area (Å²) >= 11 is 1.36. The molecule has 0 saturated heterocycles. The van der Waals surface area contributed by atoms with Crippen molar-refractivity contribution in [2.75, 3.05) is 19.5 Å².